The van der Waals surface area contributed by atoms with E-state index in [0.29, 0.717) is 36.3 Å². The van der Waals surface area contributed by atoms with Gasteiger partial charge in [-0.25, -0.2) is 0 Å². The number of hydrogen-bond donors (Lipinski definition) is 2. The maximum atomic E-state index is 12.3. The predicted octanol–water partition coefficient (Wildman–Crippen LogP) is 4.56. The van der Waals surface area contributed by atoms with Gasteiger partial charge in [-0.15, -0.1) is 0 Å². The smallest absolute Gasteiger partial charge is 0.217 e. The molecule has 4 nitrogen and oxygen atoms in total. The molecular weight excluding hydrogens is 360 g/mol. The standard InChI is InChI=1S/C25H38N2O2/c1-15(2)18-7-9-19(10-8-18)23-22-14-20-13-21(16(3)26-24(20,5)6)25(22,11-12-29-23)27-17(4)28/h7-10,15-16,20-23,26H,11-14H2,1-6H3,(H,27,28)/t16-,20-,21+,22+,23+,25+/m1/s1. The fourth-order valence-electron chi connectivity index (χ4n) is 6.66. The molecule has 1 saturated carbocycles. The molecule has 160 valence electrons. The molecule has 2 heterocycles. The maximum absolute atomic E-state index is 12.3. The van der Waals surface area contributed by atoms with Gasteiger partial charge in [0.15, 0.2) is 0 Å². The average molecular weight is 399 g/mol. The largest absolute Gasteiger partial charge is 0.373 e. The van der Waals surface area contributed by atoms with E-state index in [9.17, 15) is 4.79 Å². The van der Waals surface area contributed by atoms with Crippen LogP contribution >= 0.6 is 0 Å². The minimum absolute atomic E-state index is 0.0446. The van der Waals surface area contributed by atoms with Crippen molar-refractivity contribution in [3.63, 3.8) is 0 Å². The molecule has 1 aromatic rings. The second-order valence-corrected chi connectivity index (χ2v) is 10.6. The van der Waals surface area contributed by atoms with Gasteiger partial charge in [-0.05, 0) is 68.9 Å². The summed E-state index contributed by atoms with van der Waals surface area (Å²) in [6.45, 7) is 13.8. The Hall–Kier alpha value is -1.39. The molecule has 1 aliphatic carbocycles. The number of ether oxygens (including phenoxy) is 1. The van der Waals surface area contributed by atoms with Gasteiger partial charge >= 0.3 is 0 Å². The van der Waals surface area contributed by atoms with Crippen LogP contribution in [0.5, 0.6) is 0 Å². The number of amides is 1. The maximum Gasteiger partial charge on any atom is 0.217 e. The molecule has 2 saturated heterocycles. The Morgan fingerprint density at radius 3 is 2.45 bits per heavy atom. The van der Waals surface area contributed by atoms with Crippen molar-refractivity contribution >= 4 is 5.91 Å². The number of hydrogen-bond acceptors (Lipinski definition) is 3. The zero-order valence-electron chi connectivity index (χ0n) is 18.9. The van der Waals surface area contributed by atoms with Crippen molar-refractivity contribution in [2.75, 3.05) is 6.61 Å². The van der Waals surface area contributed by atoms with Crippen molar-refractivity contribution in [2.24, 2.45) is 17.8 Å². The SMILES string of the molecule is CC(=O)N[C@]12CCO[C@@H](c3ccc(C(C)C)cc3)[C@@H]1C[C@H]1C[C@H]2[C@@H](C)NC1(C)C. The van der Waals surface area contributed by atoms with Crippen LogP contribution in [0.25, 0.3) is 0 Å². The predicted molar refractivity (Wildman–Crippen MR) is 117 cm³/mol. The molecule has 29 heavy (non-hydrogen) atoms. The Bertz CT molecular complexity index is 757. The van der Waals surface area contributed by atoms with E-state index >= 15 is 0 Å². The van der Waals surface area contributed by atoms with Crippen LogP contribution in [-0.2, 0) is 9.53 Å². The topological polar surface area (TPSA) is 50.4 Å². The minimum atomic E-state index is -0.190. The fourth-order valence-corrected chi connectivity index (χ4v) is 6.66. The zero-order valence-corrected chi connectivity index (χ0v) is 18.9. The first-order valence-electron chi connectivity index (χ1n) is 11.4. The molecule has 4 heteroatoms. The van der Waals surface area contributed by atoms with Gasteiger partial charge in [-0.2, -0.15) is 0 Å². The number of rotatable bonds is 3. The molecular formula is C25H38N2O2. The number of carbonyl (C=O) groups is 1. The van der Waals surface area contributed by atoms with Crippen LogP contribution in [0.15, 0.2) is 24.3 Å². The van der Waals surface area contributed by atoms with Gasteiger partial charge in [-0.1, -0.05) is 38.1 Å². The van der Waals surface area contributed by atoms with Crippen LogP contribution in [0.1, 0.15) is 84.0 Å². The van der Waals surface area contributed by atoms with E-state index in [0.717, 1.165) is 12.8 Å². The van der Waals surface area contributed by atoms with Crippen molar-refractivity contribution in [3.8, 4) is 0 Å². The summed E-state index contributed by atoms with van der Waals surface area (Å²) in [5.74, 6) is 1.94. The van der Waals surface area contributed by atoms with Gasteiger partial charge in [0.2, 0.25) is 5.91 Å². The molecule has 3 aliphatic rings. The second kappa shape index (κ2) is 7.39. The van der Waals surface area contributed by atoms with Gasteiger partial charge in [-0.3, -0.25) is 4.79 Å². The van der Waals surface area contributed by atoms with E-state index in [1.54, 1.807) is 6.92 Å². The Balaban J connectivity index is 1.74. The lowest BCUT2D eigenvalue weighted by atomic mass is 9.52. The number of piperidine rings is 1. The Labute approximate surface area is 176 Å². The quantitative estimate of drug-likeness (QED) is 0.785. The lowest BCUT2D eigenvalue weighted by Crippen LogP contribution is -2.73. The Morgan fingerprint density at radius 2 is 1.83 bits per heavy atom. The van der Waals surface area contributed by atoms with Crippen molar-refractivity contribution in [2.45, 2.75) is 89.9 Å². The highest BCUT2D eigenvalue weighted by molar-refractivity contribution is 5.74. The summed E-state index contributed by atoms with van der Waals surface area (Å²) in [5.41, 5.74) is 2.54. The van der Waals surface area contributed by atoms with Crippen molar-refractivity contribution in [1.82, 2.24) is 10.6 Å². The summed E-state index contributed by atoms with van der Waals surface area (Å²) in [7, 11) is 0. The summed E-state index contributed by atoms with van der Waals surface area (Å²) in [6, 6.07) is 9.37. The zero-order chi connectivity index (χ0) is 21.0. The molecule has 1 aromatic carbocycles. The Kier molecular flexibility index (Phi) is 5.31. The molecule has 0 unspecified atom stereocenters. The highest BCUT2D eigenvalue weighted by atomic mass is 16.5. The molecule has 0 spiro atoms. The molecule has 2 aliphatic heterocycles. The van der Waals surface area contributed by atoms with Crippen LogP contribution in [0.3, 0.4) is 0 Å². The summed E-state index contributed by atoms with van der Waals surface area (Å²) in [4.78, 5) is 12.3. The van der Waals surface area contributed by atoms with Crippen LogP contribution in [0.4, 0.5) is 0 Å². The van der Waals surface area contributed by atoms with Gasteiger partial charge in [0.25, 0.3) is 0 Å². The van der Waals surface area contributed by atoms with Gasteiger partial charge in [0, 0.05) is 31.0 Å². The fraction of sp³-hybridized carbons (Fsp3) is 0.720. The van der Waals surface area contributed by atoms with Crippen LogP contribution in [0, 0.1) is 17.8 Å². The summed E-state index contributed by atoms with van der Waals surface area (Å²) >= 11 is 0. The van der Waals surface area contributed by atoms with Crippen molar-refractivity contribution in [1.29, 1.82) is 0 Å². The molecule has 6 atom stereocenters. The third kappa shape index (κ3) is 3.53. The molecule has 1 amide bonds. The first-order chi connectivity index (χ1) is 13.6. The summed E-state index contributed by atoms with van der Waals surface area (Å²) in [6.07, 6.45) is 3.21. The highest BCUT2D eigenvalue weighted by Gasteiger charge is 2.60. The van der Waals surface area contributed by atoms with Crippen LogP contribution in [0.2, 0.25) is 0 Å². The first kappa shape index (κ1) is 20.9. The molecule has 4 rings (SSSR count). The molecule has 2 bridgehead atoms. The van der Waals surface area contributed by atoms with Crippen LogP contribution in [-0.4, -0.2) is 29.6 Å². The van der Waals surface area contributed by atoms with E-state index in [4.69, 9.17) is 4.74 Å². The Morgan fingerprint density at radius 1 is 1.17 bits per heavy atom. The van der Waals surface area contributed by atoms with E-state index in [-0.39, 0.29) is 23.1 Å². The van der Waals surface area contributed by atoms with Crippen molar-refractivity contribution < 1.29 is 9.53 Å². The molecule has 2 N–H and O–H groups in total. The van der Waals surface area contributed by atoms with Gasteiger partial charge in [0.1, 0.15) is 0 Å². The molecule has 3 fully saturated rings. The number of carbonyl (C=O) groups excluding carboxylic acids is 1. The minimum Gasteiger partial charge on any atom is -0.373 e. The van der Waals surface area contributed by atoms with E-state index in [1.807, 2.05) is 0 Å². The third-order valence-electron chi connectivity index (χ3n) is 8.14. The normalized spacial score (nSPS) is 38.4. The first-order valence-corrected chi connectivity index (χ1v) is 11.4. The highest BCUT2D eigenvalue weighted by Crippen LogP contribution is 2.56. The number of nitrogens with one attached hydrogen (secondary N) is 2. The van der Waals surface area contributed by atoms with Gasteiger partial charge in [0.05, 0.1) is 11.6 Å². The average Bonchev–Trinajstić information content (AvgIpc) is 2.64. The summed E-state index contributed by atoms with van der Waals surface area (Å²) in [5, 5.41) is 7.35. The number of benzene rings is 1. The number of fused-ring (bicyclic) bond motifs is 4. The third-order valence-corrected chi connectivity index (χ3v) is 8.14. The van der Waals surface area contributed by atoms with E-state index in [1.165, 1.54) is 17.5 Å². The van der Waals surface area contributed by atoms with Gasteiger partial charge < -0.3 is 15.4 Å². The lowest BCUT2D eigenvalue weighted by Gasteiger charge is -2.63. The molecule has 0 aromatic heterocycles. The van der Waals surface area contributed by atoms with E-state index in [2.05, 4.69) is 69.5 Å². The monoisotopic (exact) mass is 398 g/mol. The van der Waals surface area contributed by atoms with Crippen molar-refractivity contribution in [3.05, 3.63) is 35.4 Å². The lowest BCUT2D eigenvalue weighted by molar-refractivity contribution is -0.160. The van der Waals surface area contributed by atoms with Crippen LogP contribution < -0.4 is 10.6 Å². The summed E-state index contributed by atoms with van der Waals surface area (Å²) < 4.78 is 6.44. The van der Waals surface area contributed by atoms with E-state index < -0.39 is 0 Å². The molecule has 0 radical (unpaired) electrons. The second-order valence-electron chi connectivity index (χ2n) is 10.6.